The summed E-state index contributed by atoms with van der Waals surface area (Å²) in [6.07, 6.45) is 0. The summed E-state index contributed by atoms with van der Waals surface area (Å²) in [6.45, 7) is 5.73. The molecule has 5 nitrogen and oxygen atoms in total. The van der Waals surface area contributed by atoms with E-state index in [1.54, 1.807) is 18.2 Å². The van der Waals surface area contributed by atoms with Gasteiger partial charge in [0.05, 0.1) is 18.4 Å². The minimum atomic E-state index is -0.530. The number of carbonyl (C=O) groups excluding carboxylic acids is 2. The molecule has 0 bridgehead atoms. The highest BCUT2D eigenvalue weighted by molar-refractivity contribution is 6.46. The van der Waals surface area contributed by atoms with Crippen molar-refractivity contribution in [3.8, 4) is 5.75 Å². The highest BCUT2D eigenvalue weighted by Gasteiger charge is 2.42. The van der Waals surface area contributed by atoms with Crippen LogP contribution in [-0.4, -0.2) is 18.9 Å². The van der Waals surface area contributed by atoms with Crippen molar-refractivity contribution in [2.75, 3.05) is 17.3 Å². The molecular formula is C26H23FN2O3. The molecule has 0 unspecified atom stereocenters. The predicted molar refractivity (Wildman–Crippen MR) is 123 cm³/mol. The third-order valence-corrected chi connectivity index (χ3v) is 5.40. The Hall–Kier alpha value is -3.93. The Kier molecular flexibility index (Phi) is 5.53. The quantitative estimate of drug-likeness (QED) is 0.569. The first-order valence-electron chi connectivity index (χ1n) is 10.2. The summed E-state index contributed by atoms with van der Waals surface area (Å²) < 4.78 is 19.2. The van der Waals surface area contributed by atoms with E-state index in [0.29, 0.717) is 22.7 Å². The van der Waals surface area contributed by atoms with Gasteiger partial charge in [-0.3, -0.25) is 9.59 Å². The smallest absolute Gasteiger partial charge is 0.282 e. The van der Waals surface area contributed by atoms with E-state index in [9.17, 15) is 14.0 Å². The zero-order chi connectivity index (χ0) is 23.0. The molecule has 1 aliphatic heterocycles. The van der Waals surface area contributed by atoms with Crippen molar-refractivity contribution < 1.29 is 18.7 Å². The number of benzene rings is 3. The minimum absolute atomic E-state index is 0.0936. The third kappa shape index (κ3) is 3.75. The monoisotopic (exact) mass is 430 g/mol. The van der Waals surface area contributed by atoms with Crippen LogP contribution in [0.3, 0.4) is 0 Å². The van der Waals surface area contributed by atoms with E-state index >= 15 is 0 Å². The Balaban J connectivity index is 1.90. The van der Waals surface area contributed by atoms with Crippen LogP contribution in [0.25, 0.3) is 5.57 Å². The van der Waals surface area contributed by atoms with Crippen LogP contribution in [-0.2, 0) is 9.59 Å². The second-order valence-corrected chi connectivity index (χ2v) is 7.82. The van der Waals surface area contributed by atoms with Crippen LogP contribution in [0.1, 0.15) is 22.3 Å². The lowest BCUT2D eigenvalue weighted by molar-refractivity contribution is -0.120. The molecule has 0 spiro atoms. The molecule has 162 valence electrons. The van der Waals surface area contributed by atoms with Gasteiger partial charge in [0.2, 0.25) is 0 Å². The third-order valence-electron chi connectivity index (χ3n) is 5.40. The number of aryl methyl sites for hydroxylation is 3. The Morgan fingerprint density at radius 2 is 1.59 bits per heavy atom. The molecule has 0 fully saturated rings. The second-order valence-electron chi connectivity index (χ2n) is 7.82. The van der Waals surface area contributed by atoms with E-state index < -0.39 is 17.6 Å². The van der Waals surface area contributed by atoms with Crippen molar-refractivity contribution in [3.63, 3.8) is 0 Å². The summed E-state index contributed by atoms with van der Waals surface area (Å²) >= 11 is 0. The van der Waals surface area contributed by atoms with Crippen LogP contribution >= 0.6 is 0 Å². The van der Waals surface area contributed by atoms with E-state index in [2.05, 4.69) is 5.32 Å². The van der Waals surface area contributed by atoms with Crippen molar-refractivity contribution in [1.29, 1.82) is 0 Å². The first kappa shape index (κ1) is 21.3. The highest BCUT2D eigenvalue weighted by atomic mass is 19.1. The Bertz CT molecular complexity index is 1280. The molecule has 0 saturated carbocycles. The molecule has 0 aromatic heterocycles. The van der Waals surface area contributed by atoms with Crippen LogP contribution in [0.2, 0.25) is 0 Å². The maximum Gasteiger partial charge on any atom is 0.282 e. The van der Waals surface area contributed by atoms with Crippen LogP contribution < -0.4 is 15.0 Å². The highest BCUT2D eigenvalue weighted by Crippen LogP contribution is 2.39. The van der Waals surface area contributed by atoms with Gasteiger partial charge in [0, 0.05) is 5.69 Å². The number of nitrogens with zero attached hydrogens (tertiary/aromatic N) is 1. The fraction of sp³-hybridized carbons (Fsp3) is 0.154. The number of amides is 2. The standard InChI is InChI=1S/C26H23FN2O3/c1-15-8-10-20(17(3)12-15)23-24(28-19-7-5-6-18(27)14-19)26(31)29(25(23)30)21-13-16(2)9-11-22(21)32-4/h5-14,28H,1-4H3. The first-order valence-corrected chi connectivity index (χ1v) is 10.2. The molecule has 0 radical (unpaired) electrons. The average Bonchev–Trinajstić information content (AvgIpc) is 2.98. The Labute approximate surface area is 186 Å². The zero-order valence-electron chi connectivity index (χ0n) is 18.3. The molecule has 3 aromatic rings. The fourth-order valence-corrected chi connectivity index (χ4v) is 3.89. The average molecular weight is 430 g/mol. The molecule has 32 heavy (non-hydrogen) atoms. The summed E-state index contributed by atoms with van der Waals surface area (Å²) in [5, 5.41) is 2.99. The van der Waals surface area contributed by atoms with Crippen molar-refractivity contribution in [2.45, 2.75) is 20.8 Å². The summed E-state index contributed by atoms with van der Waals surface area (Å²) in [7, 11) is 1.49. The maximum atomic E-state index is 13.8. The zero-order valence-corrected chi connectivity index (χ0v) is 18.3. The number of hydrogen-bond acceptors (Lipinski definition) is 4. The van der Waals surface area contributed by atoms with E-state index in [1.807, 2.05) is 45.0 Å². The van der Waals surface area contributed by atoms with Gasteiger partial charge in [-0.05, 0) is 67.8 Å². The number of carbonyl (C=O) groups is 2. The first-order chi connectivity index (χ1) is 15.3. The van der Waals surface area contributed by atoms with Crippen LogP contribution in [0.15, 0.2) is 66.4 Å². The molecular weight excluding hydrogens is 407 g/mol. The molecule has 1 aliphatic rings. The molecule has 6 heteroatoms. The number of rotatable bonds is 5. The lowest BCUT2D eigenvalue weighted by atomic mass is 9.97. The topological polar surface area (TPSA) is 58.6 Å². The van der Waals surface area contributed by atoms with Crippen LogP contribution in [0, 0.1) is 26.6 Å². The van der Waals surface area contributed by atoms with E-state index in [0.717, 1.165) is 21.6 Å². The van der Waals surface area contributed by atoms with Gasteiger partial charge in [-0.1, -0.05) is 35.9 Å². The number of methoxy groups -OCH3 is 1. The van der Waals surface area contributed by atoms with Crippen molar-refractivity contribution in [1.82, 2.24) is 0 Å². The summed E-state index contributed by atoms with van der Waals surface area (Å²) in [4.78, 5) is 28.4. The second kappa shape index (κ2) is 8.30. The summed E-state index contributed by atoms with van der Waals surface area (Å²) in [6, 6.07) is 16.8. The lowest BCUT2D eigenvalue weighted by Gasteiger charge is -2.19. The Morgan fingerprint density at radius 1 is 0.875 bits per heavy atom. The van der Waals surface area contributed by atoms with Crippen molar-refractivity contribution in [2.24, 2.45) is 0 Å². The number of anilines is 2. The number of hydrogen-bond donors (Lipinski definition) is 1. The van der Waals surface area contributed by atoms with Crippen molar-refractivity contribution >= 4 is 28.8 Å². The SMILES string of the molecule is COc1ccc(C)cc1N1C(=O)C(Nc2cccc(F)c2)=C(c2ccc(C)cc2C)C1=O. The number of imide groups is 1. The molecule has 2 amide bonds. The van der Waals surface area contributed by atoms with Gasteiger partial charge in [-0.2, -0.15) is 0 Å². The van der Waals surface area contributed by atoms with Gasteiger partial charge in [0.25, 0.3) is 11.8 Å². The molecule has 0 aliphatic carbocycles. The molecule has 0 saturated heterocycles. The number of nitrogens with one attached hydrogen (secondary N) is 1. The van der Waals surface area contributed by atoms with Gasteiger partial charge in [-0.25, -0.2) is 9.29 Å². The Morgan fingerprint density at radius 3 is 2.28 bits per heavy atom. The normalized spacial score (nSPS) is 13.7. The largest absolute Gasteiger partial charge is 0.495 e. The molecule has 1 heterocycles. The molecule has 0 atom stereocenters. The summed E-state index contributed by atoms with van der Waals surface area (Å²) in [5.41, 5.74) is 4.49. The maximum absolute atomic E-state index is 13.8. The molecule has 3 aromatic carbocycles. The van der Waals surface area contributed by atoms with Crippen LogP contribution in [0.5, 0.6) is 5.75 Å². The predicted octanol–water partition coefficient (Wildman–Crippen LogP) is 5.16. The lowest BCUT2D eigenvalue weighted by Crippen LogP contribution is -2.32. The number of ether oxygens (including phenoxy) is 1. The van der Waals surface area contributed by atoms with Gasteiger partial charge in [0.1, 0.15) is 17.3 Å². The van der Waals surface area contributed by atoms with Gasteiger partial charge in [0.15, 0.2) is 0 Å². The van der Waals surface area contributed by atoms with Gasteiger partial charge in [-0.15, -0.1) is 0 Å². The van der Waals surface area contributed by atoms with E-state index in [-0.39, 0.29) is 11.3 Å². The molecule has 4 rings (SSSR count). The van der Waals surface area contributed by atoms with E-state index in [1.165, 1.54) is 25.3 Å². The minimum Gasteiger partial charge on any atom is -0.495 e. The van der Waals surface area contributed by atoms with Gasteiger partial charge < -0.3 is 10.1 Å². The van der Waals surface area contributed by atoms with Crippen molar-refractivity contribution in [3.05, 3.63) is 94.4 Å². The molecule has 1 N–H and O–H groups in total. The van der Waals surface area contributed by atoms with E-state index in [4.69, 9.17) is 4.74 Å². The van der Waals surface area contributed by atoms with Crippen LogP contribution in [0.4, 0.5) is 15.8 Å². The summed E-state index contributed by atoms with van der Waals surface area (Å²) in [5.74, 6) is -1.04. The fourth-order valence-electron chi connectivity index (χ4n) is 3.89. The number of halogens is 1. The van der Waals surface area contributed by atoms with Gasteiger partial charge >= 0.3 is 0 Å².